The zero-order chi connectivity index (χ0) is 16.4. The summed E-state index contributed by atoms with van der Waals surface area (Å²) in [4.78, 5) is 12.5. The first-order valence-corrected chi connectivity index (χ1v) is 7.62. The van der Waals surface area contributed by atoms with Crippen LogP contribution in [0.3, 0.4) is 0 Å². The molecule has 1 N–H and O–H groups in total. The van der Waals surface area contributed by atoms with E-state index in [2.05, 4.69) is 5.32 Å². The molecule has 0 fully saturated rings. The lowest BCUT2D eigenvalue weighted by Gasteiger charge is -2.07. The maximum absolute atomic E-state index is 12.5. The zero-order valence-corrected chi connectivity index (χ0v) is 13.5. The van der Waals surface area contributed by atoms with Crippen LogP contribution in [0.2, 0.25) is 0 Å². The Hall–Kier alpha value is -2.75. The Kier molecular flexibility index (Phi) is 4.06. The Morgan fingerprint density at radius 3 is 2.78 bits per heavy atom. The van der Waals surface area contributed by atoms with Crippen molar-refractivity contribution in [1.29, 1.82) is 0 Å². The topological polar surface area (TPSA) is 51.5 Å². The Morgan fingerprint density at radius 2 is 2.00 bits per heavy atom. The minimum atomic E-state index is -0.266. The Labute approximate surface area is 135 Å². The highest BCUT2D eigenvalue weighted by Gasteiger charge is 2.15. The van der Waals surface area contributed by atoms with Crippen molar-refractivity contribution in [3.63, 3.8) is 0 Å². The third-order valence-corrected chi connectivity index (χ3v) is 3.67. The molecule has 4 heteroatoms. The van der Waals surface area contributed by atoms with Gasteiger partial charge in [0.1, 0.15) is 0 Å². The molecule has 2 aromatic carbocycles. The highest BCUT2D eigenvalue weighted by atomic mass is 16.5. The summed E-state index contributed by atoms with van der Waals surface area (Å²) in [6, 6.07) is 13.3. The van der Waals surface area contributed by atoms with Crippen molar-refractivity contribution >= 4 is 22.6 Å². The third-order valence-electron chi connectivity index (χ3n) is 3.67. The molecule has 0 aliphatic heterocycles. The largest absolute Gasteiger partial charge is 0.490 e. The van der Waals surface area contributed by atoms with E-state index >= 15 is 0 Å². The Balaban J connectivity index is 1.92. The average Bonchev–Trinajstić information content (AvgIpc) is 2.96. The van der Waals surface area contributed by atoms with Crippen molar-refractivity contribution < 1.29 is 13.9 Å². The van der Waals surface area contributed by atoms with Crippen LogP contribution in [0.15, 0.2) is 46.9 Å². The van der Waals surface area contributed by atoms with E-state index < -0.39 is 0 Å². The highest BCUT2D eigenvalue weighted by Crippen LogP contribution is 2.29. The van der Waals surface area contributed by atoms with Crippen LogP contribution in [0.25, 0.3) is 11.0 Å². The summed E-state index contributed by atoms with van der Waals surface area (Å²) < 4.78 is 11.3. The molecule has 0 bridgehead atoms. The number of para-hydroxylation sites is 1. The van der Waals surface area contributed by atoms with Gasteiger partial charge in [-0.2, -0.15) is 0 Å². The van der Waals surface area contributed by atoms with Gasteiger partial charge in [0.2, 0.25) is 0 Å². The van der Waals surface area contributed by atoms with Gasteiger partial charge in [-0.3, -0.25) is 4.79 Å². The van der Waals surface area contributed by atoms with Crippen molar-refractivity contribution in [2.24, 2.45) is 0 Å². The summed E-state index contributed by atoms with van der Waals surface area (Å²) in [5.74, 6) is 0.654. The van der Waals surface area contributed by atoms with Gasteiger partial charge in [0.25, 0.3) is 5.91 Å². The molecular weight excluding hydrogens is 290 g/mol. The molecule has 0 radical (unpaired) electrons. The van der Waals surface area contributed by atoms with Crippen molar-refractivity contribution in [3.05, 3.63) is 59.4 Å². The number of rotatable bonds is 4. The SMILES string of the molecule is CCOc1cccc2cc(C(=O)Nc3cc(C)ccc3C)oc12. The van der Waals surface area contributed by atoms with Crippen LogP contribution in [0.4, 0.5) is 5.69 Å². The van der Waals surface area contributed by atoms with E-state index in [1.54, 1.807) is 6.07 Å². The second kappa shape index (κ2) is 6.16. The first-order chi connectivity index (χ1) is 11.1. The van der Waals surface area contributed by atoms with Crippen LogP contribution in [-0.2, 0) is 0 Å². The van der Waals surface area contributed by atoms with Gasteiger partial charge in [0.15, 0.2) is 17.1 Å². The molecule has 118 valence electrons. The van der Waals surface area contributed by atoms with E-state index in [0.29, 0.717) is 17.9 Å². The maximum atomic E-state index is 12.5. The molecule has 3 aromatic rings. The molecule has 0 aliphatic rings. The van der Waals surface area contributed by atoms with Gasteiger partial charge in [-0.05, 0) is 50.1 Å². The number of furan rings is 1. The van der Waals surface area contributed by atoms with Crippen molar-refractivity contribution in [1.82, 2.24) is 0 Å². The standard InChI is InChI=1S/C19H19NO3/c1-4-22-16-7-5-6-14-11-17(23-18(14)16)19(21)20-15-10-12(2)8-9-13(15)3/h5-11H,4H2,1-3H3,(H,20,21). The Morgan fingerprint density at radius 1 is 1.17 bits per heavy atom. The molecular formula is C19H19NO3. The monoisotopic (exact) mass is 309 g/mol. The van der Waals surface area contributed by atoms with Gasteiger partial charge in [-0.1, -0.05) is 24.3 Å². The van der Waals surface area contributed by atoms with Gasteiger partial charge in [-0.15, -0.1) is 0 Å². The van der Waals surface area contributed by atoms with E-state index in [1.165, 1.54) is 0 Å². The maximum Gasteiger partial charge on any atom is 0.291 e. The normalized spacial score (nSPS) is 10.7. The van der Waals surface area contributed by atoms with Crippen LogP contribution >= 0.6 is 0 Å². The van der Waals surface area contributed by atoms with E-state index in [-0.39, 0.29) is 11.7 Å². The number of ether oxygens (including phenoxy) is 1. The lowest BCUT2D eigenvalue weighted by Crippen LogP contribution is -2.11. The fourth-order valence-corrected chi connectivity index (χ4v) is 2.47. The zero-order valence-electron chi connectivity index (χ0n) is 13.5. The number of carbonyl (C=O) groups is 1. The molecule has 0 spiro atoms. The molecule has 23 heavy (non-hydrogen) atoms. The molecule has 1 amide bonds. The molecule has 0 aliphatic carbocycles. The van der Waals surface area contributed by atoms with E-state index in [9.17, 15) is 4.79 Å². The van der Waals surface area contributed by atoms with Crippen LogP contribution < -0.4 is 10.1 Å². The van der Waals surface area contributed by atoms with Gasteiger partial charge in [0.05, 0.1) is 6.61 Å². The van der Waals surface area contributed by atoms with Gasteiger partial charge >= 0.3 is 0 Å². The molecule has 4 nitrogen and oxygen atoms in total. The number of carbonyl (C=O) groups excluding carboxylic acids is 1. The molecule has 0 saturated heterocycles. The van der Waals surface area contributed by atoms with Gasteiger partial charge in [0, 0.05) is 11.1 Å². The molecule has 0 unspecified atom stereocenters. The lowest BCUT2D eigenvalue weighted by atomic mass is 10.1. The van der Waals surface area contributed by atoms with Crippen molar-refractivity contribution in [2.75, 3.05) is 11.9 Å². The first kappa shape index (κ1) is 15.2. The fourth-order valence-electron chi connectivity index (χ4n) is 2.47. The number of hydrogen-bond donors (Lipinski definition) is 1. The lowest BCUT2D eigenvalue weighted by molar-refractivity contribution is 0.0998. The van der Waals surface area contributed by atoms with Gasteiger partial charge < -0.3 is 14.5 Å². The summed E-state index contributed by atoms with van der Waals surface area (Å²) in [6.45, 7) is 6.41. The van der Waals surface area contributed by atoms with Crippen molar-refractivity contribution in [2.45, 2.75) is 20.8 Å². The smallest absolute Gasteiger partial charge is 0.291 e. The average molecular weight is 309 g/mol. The summed E-state index contributed by atoms with van der Waals surface area (Å²) in [7, 11) is 0. The summed E-state index contributed by atoms with van der Waals surface area (Å²) in [5, 5.41) is 3.76. The molecule has 1 heterocycles. The molecule has 0 saturated carbocycles. The van der Waals surface area contributed by atoms with Crippen LogP contribution in [-0.4, -0.2) is 12.5 Å². The minimum Gasteiger partial charge on any atom is -0.490 e. The third kappa shape index (κ3) is 3.06. The number of anilines is 1. The van der Waals surface area contributed by atoms with E-state index in [1.807, 2.05) is 57.2 Å². The van der Waals surface area contributed by atoms with Crippen LogP contribution in [0.5, 0.6) is 5.75 Å². The minimum absolute atomic E-state index is 0.266. The molecule has 1 aromatic heterocycles. The predicted molar refractivity (Wildman–Crippen MR) is 91.3 cm³/mol. The van der Waals surface area contributed by atoms with E-state index in [0.717, 1.165) is 22.2 Å². The summed E-state index contributed by atoms with van der Waals surface area (Å²) >= 11 is 0. The van der Waals surface area contributed by atoms with E-state index in [4.69, 9.17) is 9.15 Å². The number of aryl methyl sites for hydroxylation is 2. The number of amides is 1. The molecule has 3 rings (SSSR count). The Bertz CT molecular complexity index is 864. The second-order valence-electron chi connectivity index (χ2n) is 5.49. The van der Waals surface area contributed by atoms with Crippen LogP contribution in [0, 0.1) is 13.8 Å². The quantitative estimate of drug-likeness (QED) is 0.760. The summed E-state index contributed by atoms with van der Waals surface area (Å²) in [6.07, 6.45) is 0. The molecule has 0 atom stereocenters. The number of nitrogens with one attached hydrogen (secondary N) is 1. The number of hydrogen-bond acceptors (Lipinski definition) is 3. The number of fused-ring (bicyclic) bond motifs is 1. The first-order valence-electron chi connectivity index (χ1n) is 7.62. The highest BCUT2D eigenvalue weighted by molar-refractivity contribution is 6.05. The fraction of sp³-hybridized carbons (Fsp3) is 0.211. The predicted octanol–water partition coefficient (Wildman–Crippen LogP) is 4.70. The van der Waals surface area contributed by atoms with Crippen LogP contribution in [0.1, 0.15) is 28.6 Å². The summed E-state index contributed by atoms with van der Waals surface area (Å²) in [5.41, 5.74) is 3.49. The second-order valence-corrected chi connectivity index (χ2v) is 5.49. The van der Waals surface area contributed by atoms with Crippen molar-refractivity contribution in [3.8, 4) is 5.75 Å². The van der Waals surface area contributed by atoms with Gasteiger partial charge in [-0.25, -0.2) is 0 Å². The number of benzene rings is 2.